The predicted molar refractivity (Wildman–Crippen MR) is 185 cm³/mol. The number of aromatic amines is 2. The third-order valence-corrected chi connectivity index (χ3v) is 8.91. The van der Waals surface area contributed by atoms with Gasteiger partial charge in [-0.25, -0.2) is 9.97 Å². The molecule has 2 aliphatic heterocycles. The van der Waals surface area contributed by atoms with E-state index in [1.807, 2.05) is 32.9 Å². The number of aliphatic hydroxyl groups is 1. The van der Waals surface area contributed by atoms with Gasteiger partial charge in [0.25, 0.3) is 0 Å². The highest BCUT2D eigenvalue weighted by Crippen LogP contribution is 2.36. The summed E-state index contributed by atoms with van der Waals surface area (Å²) in [6.45, 7) is 14.8. The van der Waals surface area contributed by atoms with Gasteiger partial charge >= 0.3 is 11.9 Å². The van der Waals surface area contributed by atoms with Gasteiger partial charge in [0.05, 0.1) is 22.8 Å². The molecule has 0 amide bonds. The summed E-state index contributed by atoms with van der Waals surface area (Å²) in [6, 6.07) is 8.19. The Labute approximate surface area is 270 Å². The fraction of sp³-hybridized carbons (Fsp3) is 0.405. The zero-order valence-corrected chi connectivity index (χ0v) is 28.0. The van der Waals surface area contributed by atoms with Crippen LogP contribution in [0.2, 0.25) is 0 Å². The summed E-state index contributed by atoms with van der Waals surface area (Å²) >= 11 is 0. The number of rotatable bonds is 9. The summed E-state index contributed by atoms with van der Waals surface area (Å²) in [5.41, 5.74) is 15.4. The largest absolute Gasteiger partial charge is 0.481 e. The number of allylic oxidation sites excluding steroid dienone is 4. The Morgan fingerprint density at radius 2 is 1.07 bits per heavy atom. The number of nitrogens with one attached hydrogen (secondary N) is 2. The number of hydrogen-bond acceptors (Lipinski definition) is 5. The second-order valence-electron chi connectivity index (χ2n) is 11.9. The number of nitrogens with zero attached hydrogens (tertiary/aromatic N) is 2. The lowest BCUT2D eigenvalue weighted by atomic mass is 10.00. The SMILES string of the molecule is CCC1=C(C)c2cc3[nH]c(cc4nc(cc5[nH]c(cc1n2)c(C)c5CCC(=O)O)C(CCC(=O)O)=C4C)c(C)c3CC.CCCO. The molecule has 46 heavy (non-hydrogen) atoms. The van der Waals surface area contributed by atoms with Gasteiger partial charge in [0, 0.05) is 41.5 Å². The number of carboxylic acid groups (broad SMARTS) is 2. The molecule has 5 heterocycles. The van der Waals surface area contributed by atoms with Gasteiger partial charge in [-0.05, 0) is 129 Å². The van der Waals surface area contributed by atoms with E-state index in [2.05, 4.69) is 49.8 Å². The summed E-state index contributed by atoms with van der Waals surface area (Å²) in [4.78, 5) is 40.3. The fourth-order valence-electron chi connectivity index (χ4n) is 6.22. The van der Waals surface area contributed by atoms with Crippen LogP contribution in [0.5, 0.6) is 0 Å². The van der Waals surface area contributed by atoms with Gasteiger partial charge in [0.15, 0.2) is 0 Å². The lowest BCUT2D eigenvalue weighted by Gasteiger charge is -2.03. The molecular weight excluding hydrogens is 580 g/mol. The van der Waals surface area contributed by atoms with Crippen LogP contribution in [0.3, 0.4) is 0 Å². The minimum Gasteiger partial charge on any atom is -0.481 e. The topological polar surface area (TPSA) is 152 Å². The van der Waals surface area contributed by atoms with E-state index in [1.165, 1.54) is 11.1 Å². The number of aromatic nitrogens is 4. The first-order chi connectivity index (χ1) is 21.9. The number of aliphatic hydroxyl groups excluding tert-OH is 1. The second-order valence-corrected chi connectivity index (χ2v) is 11.9. The lowest BCUT2D eigenvalue weighted by Crippen LogP contribution is -1.98. The maximum atomic E-state index is 11.5. The number of aryl methyl sites for hydroxylation is 4. The minimum absolute atomic E-state index is 0.00162. The highest BCUT2D eigenvalue weighted by Gasteiger charge is 2.21. The molecule has 0 fully saturated rings. The Bertz CT molecular complexity index is 1890. The molecule has 0 aromatic carbocycles. The molecule has 0 aliphatic carbocycles. The standard InChI is InChI=1S/C34H38N4O4.C3H8O/c1-7-21-17(3)25-13-26-19(5)23(9-11-33(39)40)31(37-26)16-32-24(10-12-34(41)42)20(6)28(38-32)15-30-22(8-2)18(4)27(36-30)14-29(21)35-25;1-2-3-4/h13-16,35,38H,7-12H2,1-6H3,(H,39,40)(H,41,42);4H,2-3H2,1H3. The summed E-state index contributed by atoms with van der Waals surface area (Å²) in [7, 11) is 0. The van der Waals surface area contributed by atoms with E-state index in [9.17, 15) is 19.8 Å². The van der Waals surface area contributed by atoms with Crippen molar-refractivity contribution in [1.82, 2.24) is 19.9 Å². The number of fused-ring (bicyclic) bond motifs is 8. The second kappa shape index (κ2) is 14.7. The van der Waals surface area contributed by atoms with Crippen LogP contribution in [0.4, 0.5) is 0 Å². The Morgan fingerprint density at radius 1 is 0.630 bits per heavy atom. The molecule has 3 aromatic rings. The quantitative estimate of drug-likeness (QED) is 0.161. The zero-order chi connectivity index (χ0) is 33.7. The van der Waals surface area contributed by atoms with Gasteiger partial charge in [0.1, 0.15) is 0 Å². The van der Waals surface area contributed by atoms with E-state index >= 15 is 0 Å². The summed E-state index contributed by atoms with van der Waals surface area (Å²) in [5.74, 6) is -1.72. The van der Waals surface area contributed by atoms with Crippen molar-refractivity contribution in [3.05, 3.63) is 69.3 Å². The highest BCUT2D eigenvalue weighted by atomic mass is 16.4. The first kappa shape index (κ1) is 34.4. The summed E-state index contributed by atoms with van der Waals surface area (Å²) in [6.07, 6.45) is 3.26. The van der Waals surface area contributed by atoms with Crippen LogP contribution < -0.4 is 0 Å². The van der Waals surface area contributed by atoms with Crippen molar-refractivity contribution >= 4 is 56.3 Å². The monoisotopic (exact) mass is 626 g/mol. The lowest BCUT2D eigenvalue weighted by molar-refractivity contribution is -0.137. The molecule has 0 saturated heterocycles. The van der Waals surface area contributed by atoms with Gasteiger partial charge in [-0.15, -0.1) is 0 Å². The Balaban J connectivity index is 0.00000113. The van der Waals surface area contributed by atoms with Crippen molar-refractivity contribution in [2.24, 2.45) is 0 Å². The first-order valence-electron chi connectivity index (χ1n) is 16.1. The average molecular weight is 627 g/mol. The molecular formula is C37H46N4O5. The van der Waals surface area contributed by atoms with E-state index in [0.717, 1.165) is 91.8 Å². The third kappa shape index (κ3) is 7.15. The molecule has 0 atom stereocenters. The van der Waals surface area contributed by atoms with Gasteiger partial charge in [0.2, 0.25) is 0 Å². The van der Waals surface area contributed by atoms with Crippen LogP contribution in [0.1, 0.15) is 112 Å². The molecule has 5 rings (SSSR count). The van der Waals surface area contributed by atoms with Crippen molar-refractivity contribution < 1.29 is 24.9 Å². The number of H-pyrrole nitrogens is 2. The smallest absolute Gasteiger partial charge is 0.303 e. The van der Waals surface area contributed by atoms with Crippen LogP contribution in [0.15, 0.2) is 24.3 Å². The average Bonchev–Trinajstić information content (AvgIpc) is 3.68. The fourth-order valence-corrected chi connectivity index (χ4v) is 6.22. The van der Waals surface area contributed by atoms with Crippen molar-refractivity contribution in [2.45, 2.75) is 93.4 Å². The van der Waals surface area contributed by atoms with Crippen molar-refractivity contribution in [1.29, 1.82) is 0 Å². The van der Waals surface area contributed by atoms with Crippen molar-refractivity contribution in [2.75, 3.05) is 6.61 Å². The molecule has 0 spiro atoms. The van der Waals surface area contributed by atoms with Crippen LogP contribution in [0.25, 0.3) is 44.4 Å². The maximum absolute atomic E-state index is 11.5. The van der Waals surface area contributed by atoms with Crippen LogP contribution in [0, 0.1) is 13.8 Å². The Kier molecular flexibility index (Phi) is 11.0. The normalized spacial score (nSPS) is 12.8. The van der Waals surface area contributed by atoms with E-state index in [0.29, 0.717) is 25.1 Å². The first-order valence-corrected chi connectivity index (χ1v) is 16.1. The summed E-state index contributed by atoms with van der Waals surface area (Å²) < 4.78 is 0. The molecule has 9 nitrogen and oxygen atoms in total. The molecule has 0 radical (unpaired) electrons. The number of carboxylic acids is 2. The van der Waals surface area contributed by atoms with Crippen LogP contribution >= 0.6 is 0 Å². The van der Waals surface area contributed by atoms with Gasteiger partial charge in [-0.3, -0.25) is 9.59 Å². The minimum atomic E-state index is -0.864. The molecule has 0 unspecified atom stereocenters. The van der Waals surface area contributed by atoms with Crippen LogP contribution in [-0.4, -0.2) is 53.8 Å². The molecule has 0 saturated carbocycles. The Morgan fingerprint density at radius 3 is 1.59 bits per heavy atom. The van der Waals surface area contributed by atoms with Gasteiger partial charge < -0.3 is 25.3 Å². The molecule has 9 heteroatoms. The highest BCUT2D eigenvalue weighted by molar-refractivity contribution is 5.95. The number of aliphatic carboxylic acids is 2. The zero-order valence-electron chi connectivity index (χ0n) is 28.0. The summed E-state index contributed by atoms with van der Waals surface area (Å²) in [5, 5.41) is 26.8. The number of carbonyl (C=O) groups is 2. The van der Waals surface area contributed by atoms with E-state index in [1.54, 1.807) is 0 Å². The number of hydrogen-bond donors (Lipinski definition) is 5. The molecule has 5 N–H and O–H groups in total. The molecule has 8 bridgehead atoms. The molecule has 2 aliphatic rings. The van der Waals surface area contributed by atoms with Crippen molar-refractivity contribution in [3.63, 3.8) is 0 Å². The van der Waals surface area contributed by atoms with Crippen LogP contribution in [-0.2, 0) is 22.4 Å². The van der Waals surface area contributed by atoms with Crippen molar-refractivity contribution in [3.8, 4) is 0 Å². The third-order valence-electron chi connectivity index (χ3n) is 8.91. The van der Waals surface area contributed by atoms with E-state index in [4.69, 9.17) is 15.1 Å². The predicted octanol–water partition coefficient (Wildman–Crippen LogP) is 8.04. The van der Waals surface area contributed by atoms with Gasteiger partial charge in [-0.2, -0.15) is 0 Å². The van der Waals surface area contributed by atoms with E-state index < -0.39 is 11.9 Å². The molecule has 3 aromatic heterocycles. The van der Waals surface area contributed by atoms with E-state index in [-0.39, 0.29) is 12.8 Å². The molecule has 244 valence electrons. The Hall–Kier alpha value is -4.50. The maximum Gasteiger partial charge on any atom is 0.303 e. The van der Waals surface area contributed by atoms with Gasteiger partial charge in [-0.1, -0.05) is 20.8 Å².